The Morgan fingerprint density at radius 2 is 1.51 bits per heavy atom. The smallest absolute Gasteiger partial charge is 0.410 e. The lowest BCUT2D eigenvalue weighted by atomic mass is 9.95. The van der Waals surface area contributed by atoms with E-state index >= 15 is 0 Å². The predicted octanol–water partition coefficient (Wildman–Crippen LogP) is 9.18. The Morgan fingerprint density at radius 3 is 1.98 bits per heavy atom. The lowest BCUT2D eigenvalue weighted by molar-refractivity contribution is 0.0168. The molecule has 2 rings (SSSR count). The Hall–Kier alpha value is -3.40. The SMILES string of the molecule is CC/C=C/N=C(C#N)/C=C(\C)CCC.C\C=C(C(/C(C)=N/C=C/CC)=C(/C)N1CCN(C(=O)OC(C)(C)C)CC1)\C1CC1. The standard InChI is InChI=1S/C24H39N3O2.C12H18N2/c1-8-10-13-25-18(3)22(21(9-2)20-11-12-20)19(4)26-14-16-27(17-15-26)23(28)29-24(5,6)7;1-4-6-8-14-12(10-13)9-11(3)7-5-2/h9-10,13,20H,8,11-12,14-17H2,1-7H3;6,8-9H,4-5,7H2,1-3H3/b13-10+,21-9-,22-19-,25-18+;8-6+,11-9+,14-12-. The maximum Gasteiger partial charge on any atom is 0.410 e. The van der Waals surface area contributed by atoms with E-state index in [1.54, 1.807) is 6.20 Å². The zero-order valence-electron chi connectivity index (χ0n) is 28.7. The second kappa shape index (κ2) is 19.7. The molecule has 0 bridgehead atoms. The first-order valence-electron chi connectivity index (χ1n) is 16.0. The summed E-state index contributed by atoms with van der Waals surface area (Å²) in [6.07, 6.45) is 18.1. The Morgan fingerprint density at radius 1 is 0.953 bits per heavy atom. The minimum atomic E-state index is -0.456. The number of nitrogens with zero attached hydrogens (tertiary/aromatic N) is 5. The molecule has 1 aliphatic heterocycles. The van der Waals surface area contributed by atoms with Gasteiger partial charge in [0.1, 0.15) is 17.4 Å². The lowest BCUT2D eigenvalue weighted by Crippen LogP contribution is -2.49. The van der Waals surface area contributed by atoms with E-state index in [9.17, 15) is 4.79 Å². The van der Waals surface area contributed by atoms with Crippen molar-refractivity contribution >= 4 is 17.5 Å². The van der Waals surface area contributed by atoms with Crippen molar-refractivity contribution < 1.29 is 9.53 Å². The number of carbonyl (C=O) groups excluding carboxylic acids is 1. The second-order valence-corrected chi connectivity index (χ2v) is 12.1. The van der Waals surface area contributed by atoms with Crippen molar-refractivity contribution in [2.24, 2.45) is 15.9 Å². The second-order valence-electron chi connectivity index (χ2n) is 12.1. The van der Waals surface area contributed by atoms with Crippen LogP contribution in [0.2, 0.25) is 0 Å². The van der Waals surface area contributed by atoms with Crippen LogP contribution >= 0.6 is 0 Å². The van der Waals surface area contributed by atoms with Crippen molar-refractivity contribution in [1.29, 1.82) is 5.26 Å². The van der Waals surface area contributed by atoms with Crippen LogP contribution in [0.5, 0.6) is 0 Å². The quantitative estimate of drug-likeness (QED) is 0.177. The number of rotatable bonds is 11. The molecule has 0 unspecified atom stereocenters. The summed E-state index contributed by atoms with van der Waals surface area (Å²) in [7, 11) is 0. The first-order chi connectivity index (χ1) is 20.4. The van der Waals surface area contributed by atoms with Crippen LogP contribution in [0.15, 0.2) is 69.1 Å². The van der Waals surface area contributed by atoms with E-state index in [4.69, 9.17) is 15.0 Å². The highest BCUT2D eigenvalue weighted by molar-refractivity contribution is 6.07. The minimum absolute atomic E-state index is 0.214. The Bertz CT molecular complexity index is 1140. The third kappa shape index (κ3) is 14.6. The van der Waals surface area contributed by atoms with Gasteiger partial charge >= 0.3 is 6.09 Å². The van der Waals surface area contributed by atoms with E-state index in [0.717, 1.165) is 44.5 Å². The highest BCUT2D eigenvalue weighted by atomic mass is 16.6. The summed E-state index contributed by atoms with van der Waals surface area (Å²) in [6.45, 7) is 23.5. The molecule has 0 radical (unpaired) electrons. The predicted molar refractivity (Wildman–Crippen MR) is 182 cm³/mol. The molecule has 1 aliphatic carbocycles. The Kier molecular flexibility index (Phi) is 17.3. The fourth-order valence-corrected chi connectivity index (χ4v) is 4.74. The van der Waals surface area contributed by atoms with Gasteiger partial charge in [-0.2, -0.15) is 5.26 Å². The van der Waals surface area contributed by atoms with Crippen LogP contribution in [0.25, 0.3) is 0 Å². The van der Waals surface area contributed by atoms with Gasteiger partial charge in [-0.3, -0.25) is 4.99 Å². The highest BCUT2D eigenvalue weighted by Gasteiger charge is 2.32. The average molecular weight is 592 g/mol. The maximum atomic E-state index is 12.4. The molecule has 0 aromatic rings. The lowest BCUT2D eigenvalue weighted by Gasteiger charge is -2.38. The molecular formula is C36H57N5O2. The van der Waals surface area contributed by atoms with Gasteiger partial charge in [0.15, 0.2) is 0 Å². The number of carbonyl (C=O) groups is 1. The van der Waals surface area contributed by atoms with Gasteiger partial charge < -0.3 is 14.5 Å². The molecule has 238 valence electrons. The molecule has 1 amide bonds. The molecule has 2 aliphatic rings. The number of hydrogen-bond acceptors (Lipinski definition) is 6. The zero-order chi connectivity index (χ0) is 32.4. The van der Waals surface area contributed by atoms with Gasteiger partial charge in [-0.1, -0.05) is 51.0 Å². The summed E-state index contributed by atoms with van der Waals surface area (Å²) in [6, 6.07) is 2.07. The fraction of sp³-hybridized carbons (Fsp3) is 0.611. The molecule has 0 aromatic carbocycles. The zero-order valence-corrected chi connectivity index (χ0v) is 28.7. The molecule has 1 saturated heterocycles. The third-order valence-corrected chi connectivity index (χ3v) is 7.05. The summed E-state index contributed by atoms with van der Waals surface area (Å²) >= 11 is 0. The topological polar surface area (TPSA) is 81.3 Å². The van der Waals surface area contributed by atoms with E-state index < -0.39 is 5.60 Å². The van der Waals surface area contributed by atoms with Gasteiger partial charge in [0.05, 0.1) is 0 Å². The van der Waals surface area contributed by atoms with Gasteiger partial charge in [0.25, 0.3) is 0 Å². The Labute approximate surface area is 262 Å². The maximum absolute atomic E-state index is 12.4. The number of amides is 1. The van der Waals surface area contributed by atoms with Gasteiger partial charge in [0.2, 0.25) is 0 Å². The van der Waals surface area contributed by atoms with Crippen LogP contribution in [0.3, 0.4) is 0 Å². The van der Waals surface area contributed by atoms with E-state index in [1.165, 1.54) is 35.3 Å². The van der Waals surface area contributed by atoms with Crippen LogP contribution in [0.4, 0.5) is 4.79 Å². The molecule has 0 aromatic heterocycles. The monoisotopic (exact) mass is 591 g/mol. The Balaban J connectivity index is 0.000000557. The molecule has 43 heavy (non-hydrogen) atoms. The van der Waals surface area contributed by atoms with E-state index in [2.05, 4.69) is 62.7 Å². The first-order valence-corrected chi connectivity index (χ1v) is 16.0. The van der Waals surface area contributed by atoms with Gasteiger partial charge in [-0.15, -0.1) is 0 Å². The van der Waals surface area contributed by atoms with Crippen molar-refractivity contribution in [1.82, 2.24) is 9.80 Å². The van der Waals surface area contributed by atoms with Crippen molar-refractivity contribution in [3.63, 3.8) is 0 Å². The minimum Gasteiger partial charge on any atom is -0.444 e. The fourth-order valence-electron chi connectivity index (χ4n) is 4.74. The van der Waals surface area contributed by atoms with E-state index in [0.29, 0.717) is 24.7 Å². The summed E-state index contributed by atoms with van der Waals surface area (Å²) in [4.78, 5) is 25.4. The average Bonchev–Trinajstić information content (AvgIpc) is 3.80. The van der Waals surface area contributed by atoms with Gasteiger partial charge in [-0.25, -0.2) is 9.79 Å². The van der Waals surface area contributed by atoms with Crippen LogP contribution in [0.1, 0.15) is 108 Å². The third-order valence-electron chi connectivity index (χ3n) is 7.05. The van der Waals surface area contributed by atoms with Crippen molar-refractivity contribution in [2.75, 3.05) is 26.2 Å². The number of nitriles is 1. The normalized spacial score (nSPS) is 18.0. The van der Waals surface area contributed by atoms with Crippen LogP contribution in [0, 0.1) is 17.2 Å². The van der Waals surface area contributed by atoms with Gasteiger partial charge in [-0.05, 0) is 98.1 Å². The van der Waals surface area contributed by atoms with Crippen molar-refractivity contribution in [3.05, 3.63) is 59.1 Å². The molecule has 1 saturated carbocycles. The molecule has 0 N–H and O–H groups in total. The molecule has 0 spiro atoms. The number of piperazine rings is 1. The molecule has 1 heterocycles. The molecule has 0 atom stereocenters. The van der Waals surface area contributed by atoms with E-state index in [1.807, 2.05) is 57.9 Å². The van der Waals surface area contributed by atoms with Crippen LogP contribution in [-0.2, 0) is 4.74 Å². The van der Waals surface area contributed by atoms with Crippen molar-refractivity contribution in [3.8, 4) is 6.07 Å². The first kappa shape index (κ1) is 37.6. The molecular weight excluding hydrogens is 534 g/mol. The number of ether oxygens (including phenoxy) is 1. The summed E-state index contributed by atoms with van der Waals surface area (Å²) in [5, 5.41) is 8.78. The number of aliphatic imine (C=N–C) groups is 2. The summed E-state index contributed by atoms with van der Waals surface area (Å²) < 4.78 is 5.53. The van der Waals surface area contributed by atoms with Crippen molar-refractivity contribution in [2.45, 2.75) is 113 Å². The number of allylic oxidation sites excluding steroid dienone is 8. The summed E-state index contributed by atoms with van der Waals surface area (Å²) in [5.41, 5.74) is 6.27. The molecule has 2 fully saturated rings. The van der Waals surface area contributed by atoms with E-state index in [-0.39, 0.29) is 6.09 Å². The molecule has 7 heteroatoms. The molecule has 7 nitrogen and oxygen atoms in total. The van der Waals surface area contributed by atoms with Gasteiger partial charge in [0, 0.05) is 55.6 Å². The number of hydrogen-bond donors (Lipinski definition) is 0. The van der Waals surface area contributed by atoms with Crippen LogP contribution in [-0.4, -0.2) is 59.1 Å². The highest BCUT2D eigenvalue weighted by Crippen LogP contribution is 2.41. The van der Waals surface area contributed by atoms with Crippen LogP contribution < -0.4 is 0 Å². The largest absolute Gasteiger partial charge is 0.444 e. The summed E-state index contributed by atoms with van der Waals surface area (Å²) in [5.74, 6) is 0.660.